The van der Waals surface area contributed by atoms with E-state index in [1.807, 2.05) is 62.9 Å². The number of ether oxygens (including phenoxy) is 2. The van der Waals surface area contributed by atoms with Crippen LogP contribution in [0.15, 0.2) is 34.7 Å². The van der Waals surface area contributed by atoms with E-state index in [0.717, 1.165) is 28.6 Å². The van der Waals surface area contributed by atoms with Gasteiger partial charge in [-0.1, -0.05) is 26.8 Å². The smallest absolute Gasteiger partial charge is 0.231 e. The van der Waals surface area contributed by atoms with Crippen molar-refractivity contribution in [1.29, 1.82) is 0 Å². The lowest BCUT2D eigenvalue weighted by Gasteiger charge is -2.29. The third kappa shape index (κ3) is 3.55. The Morgan fingerprint density at radius 2 is 1.83 bits per heavy atom. The molecule has 0 bridgehead atoms. The van der Waals surface area contributed by atoms with Gasteiger partial charge >= 0.3 is 0 Å². The minimum absolute atomic E-state index is 0.0780. The van der Waals surface area contributed by atoms with Crippen molar-refractivity contribution in [2.75, 3.05) is 6.79 Å². The van der Waals surface area contributed by atoms with Gasteiger partial charge in [-0.25, -0.2) is 0 Å². The summed E-state index contributed by atoms with van der Waals surface area (Å²) in [4.78, 5) is 14.7. The fourth-order valence-corrected chi connectivity index (χ4v) is 2.69. The van der Waals surface area contributed by atoms with E-state index < -0.39 is 5.41 Å². The van der Waals surface area contributed by atoms with Crippen molar-refractivity contribution in [3.63, 3.8) is 0 Å². The molecule has 5 nitrogen and oxygen atoms in total. The standard InChI is InChI=1S/C19H23NO4/c1-13-5-7-15(24-13)11-20(18(21)19(2,3)4)10-14-6-8-16-17(9-14)23-12-22-16/h5-9H,10-12H2,1-4H3. The Bertz CT molecular complexity index is 742. The van der Waals surface area contributed by atoms with E-state index in [1.54, 1.807) is 0 Å². The summed E-state index contributed by atoms with van der Waals surface area (Å²) in [6.45, 7) is 8.86. The highest BCUT2D eigenvalue weighted by Crippen LogP contribution is 2.33. The van der Waals surface area contributed by atoms with Crippen molar-refractivity contribution in [3.05, 3.63) is 47.4 Å². The van der Waals surface area contributed by atoms with Crippen LogP contribution in [0.3, 0.4) is 0 Å². The van der Waals surface area contributed by atoms with Gasteiger partial charge in [-0.3, -0.25) is 4.79 Å². The number of fused-ring (bicyclic) bond motifs is 1. The molecule has 0 saturated carbocycles. The Balaban J connectivity index is 1.82. The van der Waals surface area contributed by atoms with Crippen LogP contribution >= 0.6 is 0 Å². The van der Waals surface area contributed by atoms with Crippen LogP contribution in [0.2, 0.25) is 0 Å². The first kappa shape index (κ1) is 16.4. The van der Waals surface area contributed by atoms with Crippen molar-refractivity contribution in [1.82, 2.24) is 4.90 Å². The first-order chi connectivity index (χ1) is 11.3. The van der Waals surface area contributed by atoms with Gasteiger partial charge in [0, 0.05) is 12.0 Å². The molecule has 2 aromatic rings. The van der Waals surface area contributed by atoms with Gasteiger partial charge in [0.25, 0.3) is 0 Å². The molecule has 1 aromatic heterocycles. The molecule has 128 valence electrons. The number of benzene rings is 1. The molecule has 24 heavy (non-hydrogen) atoms. The van der Waals surface area contributed by atoms with Crippen LogP contribution in [-0.2, 0) is 17.9 Å². The Morgan fingerprint density at radius 3 is 2.50 bits per heavy atom. The highest BCUT2D eigenvalue weighted by atomic mass is 16.7. The quantitative estimate of drug-likeness (QED) is 0.854. The van der Waals surface area contributed by atoms with Crippen molar-refractivity contribution in [2.45, 2.75) is 40.8 Å². The van der Waals surface area contributed by atoms with E-state index in [4.69, 9.17) is 13.9 Å². The minimum Gasteiger partial charge on any atom is -0.464 e. The molecule has 0 spiro atoms. The van der Waals surface area contributed by atoms with Gasteiger partial charge in [-0.15, -0.1) is 0 Å². The van der Waals surface area contributed by atoms with E-state index in [9.17, 15) is 4.79 Å². The van der Waals surface area contributed by atoms with Gasteiger partial charge in [0.2, 0.25) is 12.7 Å². The molecular formula is C19H23NO4. The number of rotatable bonds is 4. The molecule has 3 rings (SSSR count). The molecule has 0 fully saturated rings. The van der Waals surface area contributed by atoms with Crippen LogP contribution in [0, 0.1) is 12.3 Å². The van der Waals surface area contributed by atoms with Crippen LogP contribution < -0.4 is 9.47 Å². The summed E-state index contributed by atoms with van der Waals surface area (Å²) in [6, 6.07) is 9.60. The maximum Gasteiger partial charge on any atom is 0.231 e. The van der Waals surface area contributed by atoms with Crippen molar-refractivity contribution in [3.8, 4) is 11.5 Å². The molecule has 0 radical (unpaired) electrons. The van der Waals surface area contributed by atoms with E-state index in [0.29, 0.717) is 13.1 Å². The molecular weight excluding hydrogens is 306 g/mol. The monoisotopic (exact) mass is 329 g/mol. The van der Waals surface area contributed by atoms with E-state index in [2.05, 4.69) is 0 Å². The highest BCUT2D eigenvalue weighted by Gasteiger charge is 2.28. The molecule has 0 saturated heterocycles. The molecule has 0 atom stereocenters. The van der Waals surface area contributed by atoms with Crippen LogP contribution in [-0.4, -0.2) is 17.6 Å². The number of hydrogen-bond acceptors (Lipinski definition) is 4. The molecule has 5 heteroatoms. The third-order valence-corrected chi connectivity index (χ3v) is 3.88. The Labute approximate surface area is 142 Å². The Hall–Kier alpha value is -2.43. The van der Waals surface area contributed by atoms with Gasteiger partial charge in [0.15, 0.2) is 11.5 Å². The lowest BCUT2D eigenvalue weighted by atomic mass is 9.94. The second-order valence-electron chi connectivity index (χ2n) is 7.11. The van der Waals surface area contributed by atoms with Gasteiger partial charge in [0.1, 0.15) is 11.5 Å². The molecule has 1 aliphatic heterocycles. The average Bonchev–Trinajstić information content (AvgIpc) is 3.13. The maximum absolute atomic E-state index is 12.8. The fraction of sp³-hybridized carbons (Fsp3) is 0.421. The van der Waals surface area contributed by atoms with Crippen LogP contribution in [0.1, 0.15) is 37.9 Å². The summed E-state index contributed by atoms with van der Waals surface area (Å²) in [7, 11) is 0. The lowest BCUT2D eigenvalue weighted by Crippen LogP contribution is -2.38. The van der Waals surface area contributed by atoms with Gasteiger partial charge in [-0.05, 0) is 36.8 Å². The number of hydrogen-bond donors (Lipinski definition) is 0. The first-order valence-electron chi connectivity index (χ1n) is 8.06. The van der Waals surface area contributed by atoms with Crippen LogP contribution in [0.5, 0.6) is 11.5 Å². The summed E-state index contributed by atoms with van der Waals surface area (Å²) >= 11 is 0. The number of aryl methyl sites for hydroxylation is 1. The predicted octanol–water partition coefficient (Wildman–Crippen LogP) is 3.89. The highest BCUT2D eigenvalue weighted by molar-refractivity contribution is 5.81. The zero-order valence-corrected chi connectivity index (χ0v) is 14.6. The van der Waals surface area contributed by atoms with Crippen LogP contribution in [0.25, 0.3) is 0 Å². The second-order valence-corrected chi connectivity index (χ2v) is 7.11. The van der Waals surface area contributed by atoms with E-state index in [-0.39, 0.29) is 12.7 Å². The lowest BCUT2D eigenvalue weighted by molar-refractivity contribution is -0.141. The molecule has 1 aliphatic rings. The van der Waals surface area contributed by atoms with E-state index in [1.165, 1.54) is 0 Å². The Morgan fingerprint density at radius 1 is 1.08 bits per heavy atom. The predicted molar refractivity (Wildman–Crippen MR) is 89.7 cm³/mol. The fourth-order valence-electron chi connectivity index (χ4n) is 2.69. The summed E-state index contributed by atoms with van der Waals surface area (Å²) in [5.41, 5.74) is 0.540. The molecule has 0 unspecified atom stereocenters. The molecule has 2 heterocycles. The van der Waals surface area contributed by atoms with Crippen molar-refractivity contribution >= 4 is 5.91 Å². The number of amides is 1. The topological polar surface area (TPSA) is 51.9 Å². The third-order valence-electron chi connectivity index (χ3n) is 3.88. The molecule has 1 aromatic carbocycles. The minimum atomic E-state index is -0.460. The zero-order valence-electron chi connectivity index (χ0n) is 14.6. The van der Waals surface area contributed by atoms with Crippen molar-refractivity contribution < 1.29 is 18.7 Å². The second kappa shape index (κ2) is 6.23. The van der Waals surface area contributed by atoms with Crippen LogP contribution in [0.4, 0.5) is 0 Å². The maximum atomic E-state index is 12.8. The van der Waals surface area contributed by atoms with Crippen molar-refractivity contribution in [2.24, 2.45) is 5.41 Å². The zero-order chi connectivity index (χ0) is 17.3. The molecule has 1 amide bonds. The summed E-state index contributed by atoms with van der Waals surface area (Å²) in [5.74, 6) is 3.18. The van der Waals surface area contributed by atoms with E-state index >= 15 is 0 Å². The Kier molecular flexibility index (Phi) is 4.26. The summed E-state index contributed by atoms with van der Waals surface area (Å²) in [5, 5.41) is 0. The van der Waals surface area contributed by atoms with Gasteiger partial charge < -0.3 is 18.8 Å². The number of furan rings is 1. The summed E-state index contributed by atoms with van der Waals surface area (Å²) < 4.78 is 16.4. The largest absolute Gasteiger partial charge is 0.464 e. The number of carbonyl (C=O) groups excluding carboxylic acids is 1. The van der Waals surface area contributed by atoms with Gasteiger partial charge in [0.05, 0.1) is 6.54 Å². The molecule has 0 N–H and O–H groups in total. The SMILES string of the molecule is Cc1ccc(CN(Cc2ccc3c(c2)OCO3)C(=O)C(C)(C)C)o1. The average molecular weight is 329 g/mol. The first-order valence-corrected chi connectivity index (χ1v) is 8.06. The number of carbonyl (C=O) groups is 1. The van der Waals surface area contributed by atoms with Gasteiger partial charge in [-0.2, -0.15) is 0 Å². The molecule has 0 aliphatic carbocycles. The number of nitrogens with zero attached hydrogens (tertiary/aromatic N) is 1. The normalized spacial score (nSPS) is 13.2. The summed E-state index contributed by atoms with van der Waals surface area (Å²) in [6.07, 6.45) is 0.